The van der Waals surface area contributed by atoms with Crippen molar-refractivity contribution >= 4 is 45.6 Å². The second-order valence-electron chi connectivity index (χ2n) is 6.97. The van der Waals surface area contributed by atoms with E-state index in [0.29, 0.717) is 33.8 Å². The summed E-state index contributed by atoms with van der Waals surface area (Å²) in [5.74, 6) is 0.847. The summed E-state index contributed by atoms with van der Waals surface area (Å²) in [7, 11) is -1.27. The van der Waals surface area contributed by atoms with Gasteiger partial charge in [0, 0.05) is 46.8 Å². The standard InChI is InChI=1S/C22H20Cl2N2O3S/c23-16-4-7-20(8-5-16)30(28)15-19-6-9-21(29-19)22(27)26-12-10-25(11-13-26)18-3-1-2-17(24)14-18/h1-9,14H,10-13,15H2/t30-/m1/s1. The highest BCUT2D eigenvalue weighted by Gasteiger charge is 2.24. The fourth-order valence-electron chi connectivity index (χ4n) is 3.37. The molecule has 1 aliphatic heterocycles. The summed E-state index contributed by atoms with van der Waals surface area (Å²) >= 11 is 11.9. The van der Waals surface area contributed by atoms with Crippen LogP contribution >= 0.6 is 23.2 Å². The number of benzene rings is 2. The van der Waals surface area contributed by atoms with Crippen LogP contribution in [0.4, 0.5) is 5.69 Å². The number of hydrogen-bond donors (Lipinski definition) is 0. The summed E-state index contributed by atoms with van der Waals surface area (Å²) in [5.41, 5.74) is 1.06. The van der Waals surface area contributed by atoms with Crippen LogP contribution in [0.15, 0.2) is 70.0 Å². The van der Waals surface area contributed by atoms with Gasteiger partial charge in [0.2, 0.25) is 0 Å². The molecule has 8 heteroatoms. The predicted molar refractivity (Wildman–Crippen MR) is 120 cm³/mol. The first-order valence-electron chi connectivity index (χ1n) is 9.52. The Balaban J connectivity index is 1.35. The van der Waals surface area contributed by atoms with Crippen molar-refractivity contribution in [1.29, 1.82) is 0 Å². The van der Waals surface area contributed by atoms with E-state index in [9.17, 15) is 9.00 Å². The van der Waals surface area contributed by atoms with E-state index in [1.165, 1.54) is 0 Å². The average molecular weight is 463 g/mol. The third-order valence-corrected chi connectivity index (χ3v) is 6.79. The fraction of sp³-hybridized carbons (Fsp3) is 0.227. The largest absolute Gasteiger partial charge is 0.455 e. The molecule has 1 amide bonds. The molecule has 1 saturated heterocycles. The molecule has 1 atom stereocenters. The second-order valence-corrected chi connectivity index (χ2v) is 9.29. The molecule has 4 rings (SSSR count). The Morgan fingerprint density at radius 2 is 1.67 bits per heavy atom. The molecule has 1 aliphatic rings. The van der Waals surface area contributed by atoms with Crippen LogP contribution in [0.3, 0.4) is 0 Å². The third-order valence-electron chi connectivity index (χ3n) is 4.96. The van der Waals surface area contributed by atoms with Gasteiger partial charge in [-0.25, -0.2) is 0 Å². The molecule has 30 heavy (non-hydrogen) atoms. The molecule has 0 bridgehead atoms. The van der Waals surface area contributed by atoms with Crippen LogP contribution in [0, 0.1) is 0 Å². The lowest BCUT2D eigenvalue weighted by atomic mass is 10.2. The molecule has 1 aromatic heterocycles. The molecule has 0 saturated carbocycles. The Labute approximate surface area is 187 Å². The minimum absolute atomic E-state index is 0.149. The molecule has 1 fully saturated rings. The first-order valence-corrected chi connectivity index (χ1v) is 11.6. The highest BCUT2D eigenvalue weighted by molar-refractivity contribution is 7.84. The maximum atomic E-state index is 12.8. The lowest BCUT2D eigenvalue weighted by Crippen LogP contribution is -2.48. The minimum Gasteiger partial charge on any atom is -0.455 e. The fourth-order valence-corrected chi connectivity index (χ4v) is 4.70. The van der Waals surface area contributed by atoms with Crippen LogP contribution in [0.2, 0.25) is 10.0 Å². The normalized spacial score (nSPS) is 15.3. The minimum atomic E-state index is -1.27. The SMILES string of the molecule is O=C(c1ccc(C[S@@](=O)c2ccc(Cl)cc2)o1)N1CCN(c2cccc(Cl)c2)CC1. The van der Waals surface area contributed by atoms with E-state index in [1.807, 2.05) is 24.3 Å². The molecule has 156 valence electrons. The number of anilines is 1. The molecule has 2 heterocycles. The molecule has 5 nitrogen and oxygen atoms in total. The van der Waals surface area contributed by atoms with Crippen molar-refractivity contribution in [1.82, 2.24) is 4.90 Å². The second kappa shape index (κ2) is 9.25. The quantitative estimate of drug-likeness (QED) is 0.543. The van der Waals surface area contributed by atoms with Gasteiger partial charge in [-0.05, 0) is 54.6 Å². The van der Waals surface area contributed by atoms with E-state index < -0.39 is 10.8 Å². The molecular weight excluding hydrogens is 443 g/mol. The van der Waals surface area contributed by atoms with E-state index in [4.69, 9.17) is 27.6 Å². The van der Waals surface area contributed by atoms with Gasteiger partial charge in [0.15, 0.2) is 5.76 Å². The summed E-state index contributed by atoms with van der Waals surface area (Å²) < 4.78 is 18.2. The van der Waals surface area contributed by atoms with Gasteiger partial charge in [-0.3, -0.25) is 9.00 Å². The zero-order chi connectivity index (χ0) is 21.1. The van der Waals surface area contributed by atoms with E-state index >= 15 is 0 Å². The van der Waals surface area contributed by atoms with E-state index in [0.717, 1.165) is 18.8 Å². The molecule has 3 aromatic rings. The van der Waals surface area contributed by atoms with Crippen LogP contribution in [0.5, 0.6) is 0 Å². The molecule has 0 aliphatic carbocycles. The number of nitrogens with zero attached hydrogens (tertiary/aromatic N) is 2. The summed E-state index contributed by atoms with van der Waals surface area (Å²) in [5, 5.41) is 1.29. The number of hydrogen-bond acceptors (Lipinski definition) is 4. The highest BCUT2D eigenvalue weighted by Crippen LogP contribution is 2.22. The van der Waals surface area contributed by atoms with Crippen LogP contribution < -0.4 is 4.90 Å². The van der Waals surface area contributed by atoms with E-state index in [-0.39, 0.29) is 17.4 Å². The smallest absolute Gasteiger partial charge is 0.289 e. The Morgan fingerprint density at radius 3 is 2.37 bits per heavy atom. The zero-order valence-corrected chi connectivity index (χ0v) is 18.4. The Bertz CT molecular complexity index is 1060. The average Bonchev–Trinajstić information content (AvgIpc) is 3.22. The number of furan rings is 1. The van der Waals surface area contributed by atoms with Crippen molar-refractivity contribution in [2.75, 3.05) is 31.1 Å². The number of carbonyl (C=O) groups excluding carboxylic acids is 1. The van der Waals surface area contributed by atoms with Crippen LogP contribution in [0.25, 0.3) is 0 Å². The molecule has 0 unspecified atom stereocenters. The van der Waals surface area contributed by atoms with Crippen molar-refractivity contribution in [2.45, 2.75) is 10.6 Å². The maximum Gasteiger partial charge on any atom is 0.289 e. The highest BCUT2D eigenvalue weighted by atomic mass is 35.5. The predicted octanol–water partition coefficient (Wildman–Crippen LogP) is 4.86. The molecular formula is C22H20Cl2N2O3S. The van der Waals surface area contributed by atoms with Gasteiger partial charge in [-0.15, -0.1) is 0 Å². The summed E-state index contributed by atoms with van der Waals surface area (Å²) in [6.07, 6.45) is 0. The number of amides is 1. The third kappa shape index (κ3) is 4.89. The Hall–Kier alpha value is -2.28. The lowest BCUT2D eigenvalue weighted by Gasteiger charge is -2.35. The van der Waals surface area contributed by atoms with Gasteiger partial charge in [0.1, 0.15) is 5.76 Å². The molecule has 0 N–H and O–H groups in total. The van der Waals surface area contributed by atoms with Crippen LogP contribution in [0.1, 0.15) is 16.3 Å². The van der Waals surface area contributed by atoms with Crippen molar-refractivity contribution < 1.29 is 13.4 Å². The van der Waals surface area contributed by atoms with Gasteiger partial charge in [-0.1, -0.05) is 29.3 Å². The van der Waals surface area contributed by atoms with Crippen molar-refractivity contribution in [2.24, 2.45) is 0 Å². The number of carbonyl (C=O) groups is 1. The Morgan fingerprint density at radius 1 is 0.933 bits per heavy atom. The zero-order valence-electron chi connectivity index (χ0n) is 16.1. The van der Waals surface area contributed by atoms with Gasteiger partial charge >= 0.3 is 0 Å². The van der Waals surface area contributed by atoms with Gasteiger partial charge in [0.25, 0.3) is 5.91 Å². The van der Waals surface area contributed by atoms with Gasteiger partial charge in [-0.2, -0.15) is 0 Å². The molecule has 0 radical (unpaired) electrons. The lowest BCUT2D eigenvalue weighted by molar-refractivity contribution is 0.0713. The summed E-state index contributed by atoms with van der Waals surface area (Å²) in [6, 6.07) is 17.9. The van der Waals surface area contributed by atoms with Crippen molar-refractivity contribution in [3.05, 3.63) is 82.2 Å². The number of halogens is 2. The Kier molecular flexibility index (Phi) is 6.46. The van der Waals surface area contributed by atoms with E-state index in [1.54, 1.807) is 41.3 Å². The number of rotatable bonds is 5. The van der Waals surface area contributed by atoms with Gasteiger partial charge in [0.05, 0.1) is 16.6 Å². The first kappa shape index (κ1) is 21.0. The van der Waals surface area contributed by atoms with Crippen molar-refractivity contribution in [3.8, 4) is 0 Å². The van der Waals surface area contributed by atoms with Crippen LogP contribution in [-0.4, -0.2) is 41.2 Å². The van der Waals surface area contributed by atoms with Crippen molar-refractivity contribution in [3.63, 3.8) is 0 Å². The van der Waals surface area contributed by atoms with E-state index in [2.05, 4.69) is 4.90 Å². The molecule has 0 spiro atoms. The maximum absolute atomic E-state index is 12.8. The summed E-state index contributed by atoms with van der Waals surface area (Å²) in [6.45, 7) is 2.64. The monoisotopic (exact) mass is 462 g/mol. The first-order chi connectivity index (χ1) is 14.5. The number of piperazine rings is 1. The topological polar surface area (TPSA) is 53.8 Å². The van der Waals surface area contributed by atoms with Crippen LogP contribution in [-0.2, 0) is 16.6 Å². The summed E-state index contributed by atoms with van der Waals surface area (Å²) in [4.78, 5) is 17.5. The molecule has 2 aromatic carbocycles. The van der Waals surface area contributed by atoms with Gasteiger partial charge < -0.3 is 14.2 Å².